The molecule has 1 aliphatic heterocycles. The highest BCUT2D eigenvalue weighted by Gasteiger charge is 2.40. The quantitative estimate of drug-likeness (QED) is 0.561. The van der Waals surface area contributed by atoms with Crippen molar-refractivity contribution in [2.45, 2.75) is 5.37 Å². The van der Waals surface area contributed by atoms with E-state index in [0.717, 1.165) is 4.90 Å². The molecular formula is C10H8N2O3S. The lowest BCUT2D eigenvalue weighted by molar-refractivity contribution is -0.119. The molecule has 2 rings (SSSR count). The second kappa shape index (κ2) is 3.64. The van der Waals surface area contributed by atoms with Gasteiger partial charge in [-0.1, -0.05) is 12.1 Å². The van der Waals surface area contributed by atoms with E-state index in [1.165, 1.54) is 12.1 Å². The highest BCUT2D eigenvalue weighted by atomic mass is 32.1. The van der Waals surface area contributed by atoms with E-state index in [0.29, 0.717) is 0 Å². The Morgan fingerprint density at radius 2 is 1.62 bits per heavy atom. The summed E-state index contributed by atoms with van der Waals surface area (Å²) in [5, 5.41) is -1.23. The van der Waals surface area contributed by atoms with E-state index < -0.39 is 23.1 Å². The van der Waals surface area contributed by atoms with Crippen molar-refractivity contribution in [1.29, 1.82) is 0 Å². The summed E-state index contributed by atoms with van der Waals surface area (Å²) in [6.45, 7) is 0. The van der Waals surface area contributed by atoms with Crippen LogP contribution in [0.3, 0.4) is 0 Å². The predicted molar refractivity (Wildman–Crippen MR) is 58.9 cm³/mol. The summed E-state index contributed by atoms with van der Waals surface area (Å²) < 4.78 is 0. The molecule has 0 saturated heterocycles. The molecule has 3 amide bonds. The third kappa shape index (κ3) is 1.38. The third-order valence-electron chi connectivity index (χ3n) is 2.32. The van der Waals surface area contributed by atoms with E-state index in [2.05, 4.69) is 12.6 Å². The van der Waals surface area contributed by atoms with Crippen molar-refractivity contribution < 1.29 is 14.4 Å². The number of thiol groups is 1. The Bertz CT molecular complexity index is 466. The minimum atomic E-state index is -1.23. The molecule has 2 N–H and O–H groups in total. The first-order valence-corrected chi connectivity index (χ1v) is 5.00. The maximum absolute atomic E-state index is 11.8. The molecule has 16 heavy (non-hydrogen) atoms. The molecule has 0 bridgehead atoms. The van der Waals surface area contributed by atoms with Crippen molar-refractivity contribution in [3.8, 4) is 0 Å². The average Bonchev–Trinajstić information content (AvgIpc) is 2.52. The summed E-state index contributed by atoms with van der Waals surface area (Å²) in [5.74, 6) is -1.92. The molecular weight excluding hydrogens is 228 g/mol. The number of rotatable bonds is 2. The van der Waals surface area contributed by atoms with Crippen molar-refractivity contribution in [3.63, 3.8) is 0 Å². The van der Waals surface area contributed by atoms with Crippen LogP contribution in [0.2, 0.25) is 0 Å². The normalized spacial score (nSPS) is 16.2. The number of nitrogens with two attached hydrogens (primary N) is 1. The molecule has 1 heterocycles. The van der Waals surface area contributed by atoms with Gasteiger partial charge in [0, 0.05) is 0 Å². The number of carbonyl (C=O) groups excluding carboxylic acids is 3. The molecule has 0 radical (unpaired) electrons. The number of amides is 3. The predicted octanol–water partition coefficient (Wildman–Crippen LogP) is 0.0238. The van der Waals surface area contributed by atoms with E-state index in [4.69, 9.17) is 5.73 Å². The molecule has 0 aliphatic carbocycles. The van der Waals surface area contributed by atoms with E-state index in [1.54, 1.807) is 12.1 Å². The summed E-state index contributed by atoms with van der Waals surface area (Å²) in [6.07, 6.45) is 0. The lowest BCUT2D eigenvalue weighted by atomic mass is 10.1. The fourth-order valence-electron chi connectivity index (χ4n) is 1.56. The second-order valence-corrected chi connectivity index (χ2v) is 3.79. The zero-order chi connectivity index (χ0) is 11.9. The lowest BCUT2D eigenvalue weighted by Crippen LogP contribution is -2.44. The number of carbonyl (C=O) groups is 3. The monoisotopic (exact) mass is 236 g/mol. The minimum Gasteiger partial charge on any atom is -0.367 e. The number of nitrogens with zero attached hydrogens (tertiary/aromatic N) is 1. The second-order valence-electron chi connectivity index (χ2n) is 3.30. The first-order chi connectivity index (χ1) is 7.54. The first-order valence-electron chi connectivity index (χ1n) is 4.48. The topological polar surface area (TPSA) is 80.5 Å². The Kier molecular flexibility index (Phi) is 2.43. The number of hydrogen-bond donors (Lipinski definition) is 2. The van der Waals surface area contributed by atoms with Gasteiger partial charge in [-0.3, -0.25) is 19.3 Å². The molecule has 0 aromatic heterocycles. The maximum atomic E-state index is 11.8. The van der Waals surface area contributed by atoms with Crippen molar-refractivity contribution in [2.24, 2.45) is 5.73 Å². The first kappa shape index (κ1) is 10.7. The number of primary amides is 1. The standard InChI is InChI=1S/C10H8N2O3S/c11-7(13)10(16)12-8(14)5-3-1-2-4-6(5)9(12)15/h1-4,10,16H,(H2,11,13). The smallest absolute Gasteiger partial charge is 0.262 e. The van der Waals surface area contributed by atoms with Crippen LogP contribution in [-0.2, 0) is 4.79 Å². The van der Waals surface area contributed by atoms with Gasteiger partial charge in [-0.25, -0.2) is 0 Å². The van der Waals surface area contributed by atoms with E-state index in [-0.39, 0.29) is 11.1 Å². The van der Waals surface area contributed by atoms with Crippen LogP contribution in [0.1, 0.15) is 20.7 Å². The molecule has 1 aromatic carbocycles. The Labute approximate surface area is 96.6 Å². The maximum Gasteiger partial charge on any atom is 0.262 e. The Morgan fingerprint density at radius 3 is 2.00 bits per heavy atom. The summed E-state index contributed by atoms with van der Waals surface area (Å²) in [4.78, 5) is 35.3. The Balaban J connectivity index is 2.46. The van der Waals surface area contributed by atoms with Crippen molar-refractivity contribution in [3.05, 3.63) is 35.4 Å². The molecule has 1 aromatic rings. The van der Waals surface area contributed by atoms with Crippen LogP contribution < -0.4 is 5.73 Å². The van der Waals surface area contributed by atoms with Gasteiger partial charge in [-0.15, -0.1) is 12.6 Å². The molecule has 5 nitrogen and oxygen atoms in total. The number of imide groups is 1. The molecule has 1 aliphatic rings. The molecule has 0 saturated carbocycles. The number of benzene rings is 1. The van der Waals surface area contributed by atoms with E-state index in [9.17, 15) is 14.4 Å². The van der Waals surface area contributed by atoms with Gasteiger partial charge in [0.15, 0.2) is 5.37 Å². The van der Waals surface area contributed by atoms with Crippen LogP contribution >= 0.6 is 12.6 Å². The van der Waals surface area contributed by atoms with Gasteiger partial charge in [0.1, 0.15) is 0 Å². The fourth-order valence-corrected chi connectivity index (χ4v) is 1.77. The van der Waals surface area contributed by atoms with Gasteiger partial charge < -0.3 is 5.73 Å². The molecule has 1 atom stereocenters. The number of fused-ring (bicyclic) bond motifs is 1. The van der Waals surface area contributed by atoms with Gasteiger partial charge in [-0.05, 0) is 12.1 Å². The zero-order valence-corrected chi connectivity index (χ0v) is 8.98. The summed E-state index contributed by atoms with van der Waals surface area (Å²) in [6, 6.07) is 6.34. The van der Waals surface area contributed by atoms with Gasteiger partial charge in [0.05, 0.1) is 11.1 Å². The third-order valence-corrected chi connectivity index (χ3v) is 2.81. The molecule has 82 valence electrons. The SMILES string of the molecule is NC(=O)C(S)N1C(=O)c2ccccc2C1=O. The van der Waals surface area contributed by atoms with Crippen LogP contribution in [0.15, 0.2) is 24.3 Å². The minimum absolute atomic E-state index is 0.271. The summed E-state index contributed by atoms with van der Waals surface area (Å²) in [7, 11) is 0. The van der Waals surface area contributed by atoms with Gasteiger partial charge in [0.25, 0.3) is 17.7 Å². The van der Waals surface area contributed by atoms with Gasteiger partial charge >= 0.3 is 0 Å². The van der Waals surface area contributed by atoms with Crippen molar-refractivity contribution in [2.75, 3.05) is 0 Å². The molecule has 6 heteroatoms. The van der Waals surface area contributed by atoms with Crippen LogP contribution in [0.4, 0.5) is 0 Å². The highest BCUT2D eigenvalue weighted by molar-refractivity contribution is 7.81. The largest absolute Gasteiger partial charge is 0.367 e. The van der Waals surface area contributed by atoms with Crippen LogP contribution in [0, 0.1) is 0 Å². The van der Waals surface area contributed by atoms with E-state index >= 15 is 0 Å². The molecule has 1 unspecified atom stereocenters. The number of hydrogen-bond acceptors (Lipinski definition) is 4. The zero-order valence-electron chi connectivity index (χ0n) is 8.08. The Hall–Kier alpha value is -1.82. The van der Waals surface area contributed by atoms with Crippen LogP contribution in [-0.4, -0.2) is 28.0 Å². The van der Waals surface area contributed by atoms with Gasteiger partial charge in [0.2, 0.25) is 0 Å². The van der Waals surface area contributed by atoms with Gasteiger partial charge in [-0.2, -0.15) is 0 Å². The molecule has 0 fully saturated rings. The highest BCUT2D eigenvalue weighted by Crippen LogP contribution is 2.25. The molecule has 0 spiro atoms. The lowest BCUT2D eigenvalue weighted by Gasteiger charge is -2.18. The van der Waals surface area contributed by atoms with Crippen molar-refractivity contribution in [1.82, 2.24) is 4.90 Å². The summed E-state index contributed by atoms with van der Waals surface area (Å²) in [5.41, 5.74) is 5.56. The average molecular weight is 236 g/mol. The van der Waals surface area contributed by atoms with Crippen LogP contribution in [0.5, 0.6) is 0 Å². The summed E-state index contributed by atoms with van der Waals surface area (Å²) >= 11 is 3.85. The Morgan fingerprint density at radius 1 is 1.19 bits per heavy atom. The fraction of sp³-hybridized carbons (Fsp3) is 0.100. The van der Waals surface area contributed by atoms with Crippen molar-refractivity contribution >= 4 is 30.4 Å². The van der Waals surface area contributed by atoms with Crippen LogP contribution in [0.25, 0.3) is 0 Å². The van der Waals surface area contributed by atoms with E-state index in [1.807, 2.05) is 0 Å².